The molecule has 0 atom stereocenters. The van der Waals surface area contributed by atoms with E-state index in [1.807, 2.05) is 36.6 Å². The number of rotatable bonds is 3. The van der Waals surface area contributed by atoms with E-state index >= 15 is 0 Å². The molecule has 4 rings (SSSR count). The molecular weight excluding hydrogens is 427 g/mol. The van der Waals surface area contributed by atoms with Crippen LogP contribution in [-0.4, -0.2) is 15.7 Å². The van der Waals surface area contributed by atoms with Crippen LogP contribution in [0.15, 0.2) is 59.5 Å². The van der Waals surface area contributed by atoms with Crippen LogP contribution in [-0.2, 0) is 4.79 Å². The number of aryl methyl sites for hydroxylation is 1. The molecule has 1 aliphatic heterocycles. The van der Waals surface area contributed by atoms with E-state index in [9.17, 15) is 9.59 Å². The fourth-order valence-corrected chi connectivity index (χ4v) is 4.70. The van der Waals surface area contributed by atoms with Crippen LogP contribution in [0.4, 0.5) is 10.5 Å². The largest absolute Gasteiger partial charge is 0.316 e. The van der Waals surface area contributed by atoms with Gasteiger partial charge in [-0.25, -0.2) is 4.90 Å². The summed E-state index contributed by atoms with van der Waals surface area (Å²) in [6, 6.07) is 16.2. The lowest BCUT2D eigenvalue weighted by Crippen LogP contribution is -2.27. The van der Waals surface area contributed by atoms with Crippen molar-refractivity contribution in [3.05, 3.63) is 86.5 Å². The minimum absolute atomic E-state index is 0.304. The number of carbonyl (C=O) groups is 2. The Bertz CT molecular complexity index is 1170. The summed E-state index contributed by atoms with van der Waals surface area (Å²) >= 11 is 13.3. The highest BCUT2D eigenvalue weighted by Crippen LogP contribution is 2.37. The van der Waals surface area contributed by atoms with Gasteiger partial charge in [-0.3, -0.25) is 9.59 Å². The molecule has 0 spiro atoms. The summed E-state index contributed by atoms with van der Waals surface area (Å²) in [5.41, 5.74) is 4.10. The van der Waals surface area contributed by atoms with E-state index in [0.29, 0.717) is 20.6 Å². The molecule has 1 aromatic heterocycles. The Kier molecular flexibility index (Phi) is 5.30. The highest BCUT2D eigenvalue weighted by atomic mass is 35.5. The van der Waals surface area contributed by atoms with Crippen molar-refractivity contribution in [3.63, 3.8) is 0 Å². The first-order valence-corrected chi connectivity index (χ1v) is 10.4. The number of hydrogen-bond acceptors (Lipinski definition) is 3. The van der Waals surface area contributed by atoms with E-state index in [0.717, 1.165) is 34.4 Å². The standard InChI is InChI=1S/C22H16Cl2N2O2S/c1-13-10-15(14(2)25(13)19-9-8-16(23)12-18(19)24)11-20-21(27)26(22(28)29-20)17-6-4-3-5-7-17/h3-12H,1-2H3/b20-11+. The number of anilines is 1. The van der Waals surface area contributed by atoms with E-state index in [1.54, 1.807) is 42.5 Å². The molecule has 1 fully saturated rings. The fourth-order valence-electron chi connectivity index (χ4n) is 3.38. The first-order chi connectivity index (χ1) is 13.9. The zero-order valence-corrected chi connectivity index (χ0v) is 18.0. The fraction of sp³-hybridized carbons (Fsp3) is 0.0909. The highest BCUT2D eigenvalue weighted by Gasteiger charge is 2.36. The lowest BCUT2D eigenvalue weighted by molar-refractivity contribution is -0.113. The predicted molar refractivity (Wildman–Crippen MR) is 120 cm³/mol. The number of hydrogen-bond donors (Lipinski definition) is 0. The number of imide groups is 1. The maximum absolute atomic E-state index is 12.9. The van der Waals surface area contributed by atoms with Crippen molar-refractivity contribution >= 4 is 57.9 Å². The first kappa shape index (κ1) is 19.8. The van der Waals surface area contributed by atoms with Gasteiger partial charge in [0.25, 0.3) is 11.1 Å². The van der Waals surface area contributed by atoms with Crippen LogP contribution >= 0.6 is 35.0 Å². The van der Waals surface area contributed by atoms with E-state index < -0.39 is 0 Å². The Labute approximate surface area is 182 Å². The summed E-state index contributed by atoms with van der Waals surface area (Å²) in [6.07, 6.45) is 1.76. The monoisotopic (exact) mass is 442 g/mol. The molecule has 7 heteroatoms. The van der Waals surface area contributed by atoms with Crippen LogP contribution in [0.1, 0.15) is 17.0 Å². The van der Waals surface area contributed by atoms with Gasteiger partial charge in [-0.2, -0.15) is 0 Å². The minimum Gasteiger partial charge on any atom is -0.316 e. The van der Waals surface area contributed by atoms with Crippen molar-refractivity contribution in [3.8, 4) is 5.69 Å². The molecule has 2 aromatic carbocycles. The summed E-state index contributed by atoms with van der Waals surface area (Å²) in [5, 5.41) is 0.799. The van der Waals surface area contributed by atoms with Crippen LogP contribution in [0, 0.1) is 13.8 Å². The number of para-hydroxylation sites is 1. The van der Waals surface area contributed by atoms with Crippen molar-refractivity contribution in [2.24, 2.45) is 0 Å². The maximum Gasteiger partial charge on any atom is 0.298 e. The van der Waals surface area contributed by atoms with Crippen molar-refractivity contribution in [2.45, 2.75) is 13.8 Å². The molecule has 4 nitrogen and oxygen atoms in total. The van der Waals surface area contributed by atoms with Crippen molar-refractivity contribution < 1.29 is 9.59 Å². The number of thioether (sulfide) groups is 1. The summed E-state index contributed by atoms with van der Waals surface area (Å²) in [6.45, 7) is 3.91. The SMILES string of the molecule is Cc1cc(/C=C2/SC(=O)N(c3ccccc3)C2=O)c(C)n1-c1ccc(Cl)cc1Cl. The lowest BCUT2D eigenvalue weighted by atomic mass is 10.2. The molecule has 2 amide bonds. The molecule has 0 saturated carbocycles. The molecule has 2 heterocycles. The van der Waals surface area contributed by atoms with Crippen molar-refractivity contribution in [2.75, 3.05) is 4.90 Å². The van der Waals surface area contributed by atoms with Crippen LogP contribution in [0.25, 0.3) is 11.8 Å². The van der Waals surface area contributed by atoms with Gasteiger partial charge < -0.3 is 4.57 Å². The van der Waals surface area contributed by atoms with E-state index in [-0.39, 0.29) is 11.1 Å². The number of aromatic nitrogens is 1. The molecule has 3 aromatic rings. The Morgan fingerprint density at radius 1 is 0.966 bits per heavy atom. The van der Waals surface area contributed by atoms with Crippen LogP contribution in [0.5, 0.6) is 0 Å². The first-order valence-electron chi connectivity index (χ1n) is 8.84. The molecule has 0 bridgehead atoms. The third kappa shape index (κ3) is 3.62. The molecule has 0 aliphatic carbocycles. The zero-order valence-electron chi connectivity index (χ0n) is 15.6. The van der Waals surface area contributed by atoms with Crippen LogP contribution < -0.4 is 4.90 Å². The topological polar surface area (TPSA) is 42.3 Å². The molecule has 0 radical (unpaired) electrons. The highest BCUT2D eigenvalue weighted by molar-refractivity contribution is 8.19. The molecule has 29 heavy (non-hydrogen) atoms. The van der Waals surface area contributed by atoms with Crippen molar-refractivity contribution in [1.29, 1.82) is 0 Å². The Hall–Kier alpha value is -2.47. The van der Waals surface area contributed by atoms with Gasteiger partial charge in [0.2, 0.25) is 0 Å². The number of halogens is 2. The third-order valence-corrected chi connectivity index (χ3v) is 6.12. The van der Waals surface area contributed by atoms with E-state index in [1.165, 1.54) is 4.90 Å². The van der Waals surface area contributed by atoms with E-state index in [2.05, 4.69) is 0 Å². The lowest BCUT2D eigenvalue weighted by Gasteiger charge is -2.12. The van der Waals surface area contributed by atoms with Gasteiger partial charge >= 0.3 is 0 Å². The van der Waals surface area contributed by atoms with Crippen LogP contribution in [0.2, 0.25) is 10.0 Å². The quantitative estimate of drug-likeness (QED) is 0.426. The maximum atomic E-state index is 12.9. The predicted octanol–water partition coefficient (Wildman–Crippen LogP) is 6.64. The summed E-state index contributed by atoms with van der Waals surface area (Å²) in [4.78, 5) is 26.9. The second-order valence-corrected chi connectivity index (χ2v) is 8.45. The minimum atomic E-state index is -0.319. The second-order valence-electron chi connectivity index (χ2n) is 6.61. The number of carbonyl (C=O) groups excluding carboxylic acids is 2. The number of amides is 2. The van der Waals surface area contributed by atoms with Crippen molar-refractivity contribution in [1.82, 2.24) is 4.57 Å². The van der Waals surface area contributed by atoms with Gasteiger partial charge in [0.15, 0.2) is 0 Å². The average Bonchev–Trinajstić information content (AvgIpc) is 3.11. The third-order valence-electron chi connectivity index (χ3n) is 4.72. The Morgan fingerprint density at radius 2 is 1.69 bits per heavy atom. The van der Waals surface area contributed by atoms with Crippen LogP contribution in [0.3, 0.4) is 0 Å². The van der Waals surface area contributed by atoms with Gasteiger partial charge in [0.05, 0.1) is 21.3 Å². The Balaban J connectivity index is 1.73. The van der Waals surface area contributed by atoms with E-state index in [4.69, 9.17) is 23.2 Å². The molecule has 1 aliphatic rings. The normalized spacial score (nSPS) is 15.6. The molecular formula is C22H16Cl2N2O2S. The molecule has 146 valence electrons. The summed E-state index contributed by atoms with van der Waals surface area (Å²) in [7, 11) is 0. The van der Waals surface area contributed by atoms with Gasteiger partial charge in [0, 0.05) is 16.4 Å². The van der Waals surface area contributed by atoms with Gasteiger partial charge in [-0.15, -0.1) is 0 Å². The van der Waals surface area contributed by atoms with Gasteiger partial charge in [-0.1, -0.05) is 41.4 Å². The molecule has 0 unspecified atom stereocenters. The summed E-state index contributed by atoms with van der Waals surface area (Å²) < 4.78 is 2.01. The zero-order chi connectivity index (χ0) is 20.7. The molecule has 0 N–H and O–H groups in total. The molecule has 1 saturated heterocycles. The smallest absolute Gasteiger partial charge is 0.298 e. The number of nitrogens with zero attached hydrogens (tertiary/aromatic N) is 2. The Morgan fingerprint density at radius 3 is 2.38 bits per heavy atom. The average molecular weight is 443 g/mol. The summed E-state index contributed by atoms with van der Waals surface area (Å²) in [5.74, 6) is -0.319. The van der Waals surface area contributed by atoms with Gasteiger partial charge in [0.1, 0.15) is 0 Å². The number of benzene rings is 2. The van der Waals surface area contributed by atoms with Gasteiger partial charge in [-0.05, 0) is 73.6 Å². The second kappa shape index (κ2) is 7.75.